The monoisotopic (exact) mass is 444 g/mol. The number of rotatable bonds is 8. The van der Waals surface area contributed by atoms with Crippen molar-refractivity contribution < 1.29 is 19.4 Å². The van der Waals surface area contributed by atoms with Gasteiger partial charge in [-0.15, -0.1) is 5.10 Å². The molecule has 2 aromatic carbocycles. The highest BCUT2D eigenvalue weighted by Crippen LogP contribution is 2.33. The third-order valence-corrected chi connectivity index (χ3v) is 4.91. The first-order chi connectivity index (χ1) is 15.0. The molecule has 3 rings (SSSR count). The molecule has 0 fully saturated rings. The summed E-state index contributed by atoms with van der Waals surface area (Å²) in [5.41, 5.74) is 2.05. The number of tetrazole rings is 1. The summed E-state index contributed by atoms with van der Waals surface area (Å²) in [6.45, 7) is 1.61. The predicted molar refractivity (Wildman–Crippen MR) is 114 cm³/mol. The van der Waals surface area contributed by atoms with E-state index >= 15 is 0 Å². The molecule has 162 valence electrons. The Hall–Kier alpha value is -3.50. The van der Waals surface area contributed by atoms with Gasteiger partial charge in [0.2, 0.25) is 0 Å². The summed E-state index contributed by atoms with van der Waals surface area (Å²) in [6, 6.07) is 12.7. The Balaban J connectivity index is 2.03. The molecule has 11 heteroatoms. The van der Waals surface area contributed by atoms with Crippen LogP contribution in [0.2, 0.25) is 5.02 Å². The average Bonchev–Trinajstić information content (AvgIpc) is 3.29. The van der Waals surface area contributed by atoms with Crippen LogP contribution in [0.5, 0.6) is 0 Å². The number of aromatic amines is 1. The topological polar surface area (TPSA) is 125 Å². The highest BCUT2D eigenvalue weighted by Gasteiger charge is 2.34. The Morgan fingerprint density at radius 2 is 1.97 bits per heavy atom. The average molecular weight is 445 g/mol. The number of hydrogen-bond donors (Lipinski definition) is 2. The Labute approximate surface area is 183 Å². The van der Waals surface area contributed by atoms with Gasteiger partial charge in [0.15, 0.2) is 6.04 Å². The number of urea groups is 1. The first kappa shape index (κ1) is 22.2. The minimum Gasteiger partial charge on any atom is -0.480 e. The molecule has 1 atom stereocenters. The van der Waals surface area contributed by atoms with Gasteiger partial charge < -0.3 is 14.7 Å². The summed E-state index contributed by atoms with van der Waals surface area (Å²) in [6.07, 6.45) is 0. The molecule has 0 aliphatic heterocycles. The van der Waals surface area contributed by atoms with E-state index in [1.165, 1.54) is 7.11 Å². The number of aliphatic carboxylic acids is 1. The molecule has 0 aliphatic rings. The Bertz CT molecular complexity index is 1030. The fourth-order valence-corrected chi connectivity index (χ4v) is 3.41. The number of hydrogen-bond acceptors (Lipinski definition) is 6. The van der Waals surface area contributed by atoms with Crippen molar-refractivity contribution in [1.29, 1.82) is 0 Å². The van der Waals surface area contributed by atoms with Gasteiger partial charge in [-0.3, -0.25) is 0 Å². The van der Waals surface area contributed by atoms with Crippen LogP contribution in [0.1, 0.15) is 6.92 Å². The SMILES string of the molecule is CCN(C(=O)N(c1ccc(-c2ccccc2)c(Cl)c1)c1nn[nH]n1)[C@@H](COC)C(=O)O. The number of halogens is 1. The van der Waals surface area contributed by atoms with Crippen LogP contribution in [0, 0.1) is 0 Å². The van der Waals surface area contributed by atoms with E-state index in [-0.39, 0.29) is 19.1 Å². The lowest BCUT2D eigenvalue weighted by Gasteiger charge is -2.31. The van der Waals surface area contributed by atoms with E-state index in [0.29, 0.717) is 10.7 Å². The molecule has 0 saturated carbocycles. The second kappa shape index (κ2) is 10.0. The first-order valence-electron chi connectivity index (χ1n) is 9.38. The number of nitrogens with one attached hydrogen (secondary N) is 1. The number of H-pyrrole nitrogens is 1. The zero-order chi connectivity index (χ0) is 22.4. The predicted octanol–water partition coefficient (Wildman–Crippen LogP) is 3.20. The first-order valence-corrected chi connectivity index (χ1v) is 9.76. The van der Waals surface area contributed by atoms with E-state index in [4.69, 9.17) is 16.3 Å². The number of carbonyl (C=O) groups excluding carboxylic acids is 1. The van der Waals surface area contributed by atoms with Gasteiger partial charge in [0.05, 0.1) is 17.3 Å². The number of amides is 2. The summed E-state index contributed by atoms with van der Waals surface area (Å²) in [7, 11) is 1.37. The van der Waals surface area contributed by atoms with Gasteiger partial charge >= 0.3 is 12.0 Å². The van der Waals surface area contributed by atoms with Crippen LogP contribution in [0.3, 0.4) is 0 Å². The van der Waals surface area contributed by atoms with Gasteiger partial charge in [-0.1, -0.05) is 53.1 Å². The van der Waals surface area contributed by atoms with Crippen molar-refractivity contribution in [3.05, 3.63) is 53.6 Å². The second-order valence-electron chi connectivity index (χ2n) is 6.46. The molecule has 2 N–H and O–H groups in total. The standard InChI is InChI=1S/C20H21ClN6O4/c1-3-26(17(12-31-2)18(28)29)20(30)27(19-22-24-25-23-19)14-9-10-15(16(21)11-14)13-7-5-4-6-8-13/h4-11,17H,3,12H2,1-2H3,(H,28,29)(H,22,23,24,25)/t17-/m0/s1. The van der Waals surface area contributed by atoms with E-state index < -0.39 is 18.0 Å². The molecular formula is C20H21ClN6O4. The lowest BCUT2D eigenvalue weighted by molar-refractivity contribution is -0.143. The maximum absolute atomic E-state index is 13.4. The Morgan fingerprint density at radius 1 is 1.23 bits per heavy atom. The molecule has 0 bridgehead atoms. The Kier molecular flexibility index (Phi) is 7.16. The van der Waals surface area contributed by atoms with Crippen molar-refractivity contribution >= 4 is 35.2 Å². The van der Waals surface area contributed by atoms with Crippen molar-refractivity contribution in [2.24, 2.45) is 0 Å². The second-order valence-corrected chi connectivity index (χ2v) is 6.86. The number of anilines is 2. The number of aromatic nitrogens is 4. The number of ether oxygens (including phenoxy) is 1. The van der Waals surface area contributed by atoms with Crippen LogP contribution >= 0.6 is 11.6 Å². The van der Waals surface area contributed by atoms with Gasteiger partial charge in [0.1, 0.15) is 0 Å². The summed E-state index contributed by atoms with van der Waals surface area (Å²) < 4.78 is 4.99. The molecule has 2 amide bonds. The maximum atomic E-state index is 13.4. The van der Waals surface area contributed by atoms with Crippen molar-refractivity contribution in [3.63, 3.8) is 0 Å². The number of likely N-dealkylation sites (N-methyl/N-ethyl adjacent to an activating group) is 1. The number of nitrogens with zero attached hydrogens (tertiary/aromatic N) is 5. The minimum atomic E-state index is -1.20. The molecule has 10 nitrogen and oxygen atoms in total. The van der Waals surface area contributed by atoms with Crippen LogP contribution in [0.25, 0.3) is 11.1 Å². The highest BCUT2D eigenvalue weighted by molar-refractivity contribution is 6.33. The molecule has 0 aliphatic carbocycles. The number of methoxy groups -OCH3 is 1. The molecule has 0 saturated heterocycles. The smallest absolute Gasteiger partial charge is 0.332 e. The van der Waals surface area contributed by atoms with Crippen LogP contribution in [-0.2, 0) is 9.53 Å². The maximum Gasteiger partial charge on any atom is 0.332 e. The molecular weight excluding hydrogens is 424 g/mol. The zero-order valence-corrected chi connectivity index (χ0v) is 17.7. The third-order valence-electron chi connectivity index (χ3n) is 4.59. The van der Waals surface area contributed by atoms with Crippen molar-refractivity contribution in [3.8, 4) is 11.1 Å². The Morgan fingerprint density at radius 3 is 2.52 bits per heavy atom. The molecule has 1 heterocycles. The summed E-state index contributed by atoms with van der Waals surface area (Å²) >= 11 is 6.52. The normalized spacial score (nSPS) is 11.7. The van der Waals surface area contributed by atoms with Crippen molar-refractivity contribution in [2.75, 3.05) is 25.2 Å². The largest absolute Gasteiger partial charge is 0.480 e. The van der Waals surface area contributed by atoms with Crippen LogP contribution in [-0.4, -0.2) is 68.9 Å². The van der Waals surface area contributed by atoms with Gasteiger partial charge in [-0.05, 0) is 29.8 Å². The minimum absolute atomic E-state index is 0.0477. The fourth-order valence-electron chi connectivity index (χ4n) is 3.13. The number of carboxylic acids is 1. The summed E-state index contributed by atoms with van der Waals surface area (Å²) in [5, 5.41) is 23.6. The molecule has 3 aromatic rings. The molecule has 31 heavy (non-hydrogen) atoms. The molecule has 0 spiro atoms. The van der Waals surface area contributed by atoms with E-state index in [9.17, 15) is 14.7 Å². The van der Waals surface area contributed by atoms with Crippen LogP contribution in [0.4, 0.5) is 16.4 Å². The van der Waals surface area contributed by atoms with Gasteiger partial charge in [-0.2, -0.15) is 5.21 Å². The zero-order valence-electron chi connectivity index (χ0n) is 16.9. The number of carbonyl (C=O) groups is 2. The van der Waals surface area contributed by atoms with Gasteiger partial charge in [-0.25, -0.2) is 14.5 Å². The van der Waals surface area contributed by atoms with Crippen LogP contribution < -0.4 is 4.90 Å². The molecule has 1 aromatic heterocycles. The number of carboxylic acid groups (broad SMARTS) is 1. The quantitative estimate of drug-likeness (QED) is 0.546. The lowest BCUT2D eigenvalue weighted by Crippen LogP contribution is -2.52. The van der Waals surface area contributed by atoms with Gasteiger partial charge in [0.25, 0.3) is 5.95 Å². The van der Waals surface area contributed by atoms with E-state index in [2.05, 4.69) is 20.6 Å². The van der Waals surface area contributed by atoms with Crippen molar-refractivity contribution in [2.45, 2.75) is 13.0 Å². The highest BCUT2D eigenvalue weighted by atomic mass is 35.5. The van der Waals surface area contributed by atoms with E-state index in [1.54, 1.807) is 25.1 Å². The lowest BCUT2D eigenvalue weighted by atomic mass is 10.1. The fraction of sp³-hybridized carbons (Fsp3) is 0.250. The summed E-state index contributed by atoms with van der Waals surface area (Å²) in [4.78, 5) is 27.5. The van der Waals surface area contributed by atoms with E-state index in [0.717, 1.165) is 20.9 Å². The van der Waals surface area contributed by atoms with Crippen LogP contribution in [0.15, 0.2) is 48.5 Å². The van der Waals surface area contributed by atoms with Gasteiger partial charge in [0, 0.05) is 19.2 Å². The third kappa shape index (κ3) is 4.81. The summed E-state index contributed by atoms with van der Waals surface area (Å²) in [5.74, 6) is -1.24. The van der Waals surface area contributed by atoms with Crippen molar-refractivity contribution in [1.82, 2.24) is 25.5 Å². The molecule has 0 radical (unpaired) electrons. The number of benzene rings is 2. The molecule has 0 unspecified atom stereocenters. The van der Waals surface area contributed by atoms with E-state index in [1.807, 2.05) is 30.3 Å².